The molecule has 0 aliphatic heterocycles. The number of halogens is 1. The molecule has 0 radical (unpaired) electrons. The zero-order chi connectivity index (χ0) is 22.3. The van der Waals surface area contributed by atoms with E-state index in [1.165, 1.54) is 10.9 Å². The second-order valence-electron chi connectivity index (χ2n) is 7.16. The summed E-state index contributed by atoms with van der Waals surface area (Å²) in [5.41, 5.74) is 3.47. The number of hydrogen-bond acceptors (Lipinski definition) is 3. The predicted molar refractivity (Wildman–Crippen MR) is 130 cm³/mol. The molecule has 162 valence electrons. The second-order valence-corrected chi connectivity index (χ2v) is 7.60. The molecule has 6 nitrogen and oxygen atoms in total. The Kier molecular flexibility index (Phi) is 6.72. The predicted octanol–water partition coefficient (Wildman–Crippen LogP) is 5.27. The minimum atomic E-state index is -0.297. The molecule has 0 saturated carbocycles. The van der Waals surface area contributed by atoms with Crippen LogP contribution in [-0.2, 0) is 6.42 Å². The highest BCUT2D eigenvalue weighted by molar-refractivity contribution is 6.31. The van der Waals surface area contributed by atoms with Crippen LogP contribution in [0, 0.1) is 0 Å². The molecule has 0 spiro atoms. The van der Waals surface area contributed by atoms with Gasteiger partial charge in [0.25, 0.3) is 5.91 Å². The molecule has 3 N–H and O–H groups in total. The zero-order valence-corrected chi connectivity index (χ0v) is 18.3. The molecule has 4 rings (SSSR count). The number of nitrogens with one attached hydrogen (secondary N) is 3. The van der Waals surface area contributed by atoms with Gasteiger partial charge < -0.3 is 15.0 Å². The van der Waals surface area contributed by atoms with Gasteiger partial charge in [0.15, 0.2) is 0 Å². The largest absolute Gasteiger partial charge is 0.497 e. The average Bonchev–Trinajstić information content (AvgIpc) is 3.22. The minimum absolute atomic E-state index is 0.297. The van der Waals surface area contributed by atoms with E-state index in [4.69, 9.17) is 16.3 Å². The minimum Gasteiger partial charge on any atom is -0.497 e. The van der Waals surface area contributed by atoms with Gasteiger partial charge in [-0.1, -0.05) is 41.9 Å². The summed E-state index contributed by atoms with van der Waals surface area (Å²) in [5.74, 6) is 0.756. The van der Waals surface area contributed by atoms with Crippen LogP contribution >= 0.6 is 11.6 Å². The van der Waals surface area contributed by atoms with Crippen LogP contribution in [0.15, 0.2) is 84.0 Å². The molecular weight excluding hydrogens is 424 g/mol. The van der Waals surface area contributed by atoms with Crippen LogP contribution in [0.25, 0.3) is 10.9 Å². The fraction of sp³-hybridized carbons (Fsp3) is 0.120. The van der Waals surface area contributed by atoms with Crippen molar-refractivity contribution >= 4 is 40.1 Å². The lowest BCUT2D eigenvalue weighted by Crippen LogP contribution is -2.36. The Morgan fingerprint density at radius 3 is 2.75 bits per heavy atom. The van der Waals surface area contributed by atoms with E-state index in [0.29, 0.717) is 28.8 Å². The highest BCUT2D eigenvalue weighted by atomic mass is 35.5. The first kappa shape index (κ1) is 21.5. The number of para-hydroxylation sites is 1. The number of anilines is 1. The first-order chi connectivity index (χ1) is 15.6. The number of aromatic amines is 1. The molecule has 0 atom stereocenters. The summed E-state index contributed by atoms with van der Waals surface area (Å²) >= 11 is 6.03. The Labute approximate surface area is 191 Å². The average molecular weight is 447 g/mol. The lowest BCUT2D eigenvalue weighted by Gasteiger charge is -2.13. The van der Waals surface area contributed by atoms with Gasteiger partial charge in [0.1, 0.15) is 5.75 Å². The molecule has 0 bridgehead atoms. The first-order valence-electron chi connectivity index (χ1n) is 10.2. The van der Waals surface area contributed by atoms with Crippen molar-refractivity contribution in [1.29, 1.82) is 0 Å². The number of fused-ring (bicyclic) bond motifs is 1. The van der Waals surface area contributed by atoms with E-state index < -0.39 is 0 Å². The van der Waals surface area contributed by atoms with E-state index in [2.05, 4.69) is 26.7 Å². The number of methoxy groups -OCH3 is 1. The molecule has 0 saturated heterocycles. The highest BCUT2D eigenvalue weighted by Crippen LogP contribution is 2.19. The van der Waals surface area contributed by atoms with E-state index >= 15 is 0 Å². The van der Waals surface area contributed by atoms with Gasteiger partial charge in [-0.3, -0.25) is 15.1 Å². The maximum atomic E-state index is 12.8. The number of rotatable bonds is 6. The normalized spacial score (nSPS) is 11.4. The molecule has 1 heterocycles. The van der Waals surface area contributed by atoms with Gasteiger partial charge in [-0.05, 0) is 48.4 Å². The second kappa shape index (κ2) is 10.0. The summed E-state index contributed by atoms with van der Waals surface area (Å²) in [6.07, 6.45) is 2.72. The third kappa shape index (κ3) is 5.28. The van der Waals surface area contributed by atoms with Gasteiger partial charge in [-0.2, -0.15) is 0 Å². The molecule has 0 aliphatic rings. The van der Waals surface area contributed by atoms with Crippen LogP contribution in [0.3, 0.4) is 0 Å². The summed E-state index contributed by atoms with van der Waals surface area (Å²) in [6, 6.07) is 22.4. The Hall–Kier alpha value is -3.77. The van der Waals surface area contributed by atoms with E-state index in [9.17, 15) is 4.79 Å². The number of benzene rings is 3. The number of aliphatic imine (C=N–C) groups is 1. The smallest absolute Gasteiger partial charge is 0.258 e. The van der Waals surface area contributed by atoms with Crippen molar-refractivity contribution < 1.29 is 9.53 Å². The number of ether oxygens (including phenoxy) is 1. The van der Waals surface area contributed by atoms with Gasteiger partial charge in [0.05, 0.1) is 7.11 Å². The third-order valence-corrected chi connectivity index (χ3v) is 5.21. The molecule has 7 heteroatoms. The maximum Gasteiger partial charge on any atom is 0.258 e. The van der Waals surface area contributed by atoms with Crippen LogP contribution in [0.5, 0.6) is 5.75 Å². The van der Waals surface area contributed by atoms with Gasteiger partial charge >= 0.3 is 0 Å². The van der Waals surface area contributed by atoms with Crippen LogP contribution in [-0.4, -0.2) is 30.5 Å². The van der Waals surface area contributed by atoms with Crippen molar-refractivity contribution in [3.8, 4) is 5.75 Å². The third-order valence-electron chi connectivity index (χ3n) is 4.98. The number of carbonyl (C=O) groups is 1. The molecular formula is C25H23ClN4O2. The number of guanidine groups is 1. The quantitative estimate of drug-likeness (QED) is 0.279. The van der Waals surface area contributed by atoms with E-state index in [-0.39, 0.29) is 5.91 Å². The first-order valence-corrected chi connectivity index (χ1v) is 10.6. The molecule has 0 aliphatic carbocycles. The molecule has 1 amide bonds. The zero-order valence-electron chi connectivity index (χ0n) is 17.6. The van der Waals surface area contributed by atoms with Crippen molar-refractivity contribution in [1.82, 2.24) is 10.3 Å². The summed E-state index contributed by atoms with van der Waals surface area (Å²) in [6.45, 7) is 0.490. The van der Waals surface area contributed by atoms with E-state index in [1.807, 2.05) is 48.7 Å². The van der Waals surface area contributed by atoms with Crippen LogP contribution in [0.4, 0.5) is 5.69 Å². The summed E-state index contributed by atoms with van der Waals surface area (Å²) < 4.78 is 5.29. The van der Waals surface area contributed by atoms with Crippen molar-refractivity contribution in [3.05, 3.63) is 95.1 Å². The molecule has 32 heavy (non-hydrogen) atoms. The van der Waals surface area contributed by atoms with E-state index in [0.717, 1.165) is 17.6 Å². The Morgan fingerprint density at radius 1 is 1.06 bits per heavy atom. The van der Waals surface area contributed by atoms with Crippen LogP contribution in [0.1, 0.15) is 15.9 Å². The fourth-order valence-corrected chi connectivity index (χ4v) is 3.57. The van der Waals surface area contributed by atoms with Gasteiger partial charge in [-0.25, -0.2) is 0 Å². The van der Waals surface area contributed by atoms with Crippen molar-refractivity contribution in [3.63, 3.8) is 0 Å². The maximum absolute atomic E-state index is 12.8. The molecule has 0 unspecified atom stereocenters. The van der Waals surface area contributed by atoms with Crippen molar-refractivity contribution in [2.75, 3.05) is 19.0 Å². The number of aromatic nitrogens is 1. The number of H-pyrrole nitrogens is 1. The van der Waals surface area contributed by atoms with Gasteiger partial charge in [-0.15, -0.1) is 0 Å². The van der Waals surface area contributed by atoms with Gasteiger partial charge in [0.2, 0.25) is 5.96 Å². The molecule has 0 fully saturated rings. The molecule has 3 aromatic carbocycles. The monoisotopic (exact) mass is 446 g/mol. The topological polar surface area (TPSA) is 78.5 Å². The SMILES string of the molecule is COc1cccc(NC(=NCCc2c[nH]c3ccccc23)NC(=O)c2cccc(Cl)c2)c1. The molecule has 1 aromatic heterocycles. The molecule has 4 aromatic rings. The number of amides is 1. The van der Waals surface area contributed by atoms with Crippen LogP contribution in [0.2, 0.25) is 5.02 Å². The van der Waals surface area contributed by atoms with E-state index in [1.54, 1.807) is 31.4 Å². The van der Waals surface area contributed by atoms with Crippen LogP contribution < -0.4 is 15.4 Å². The van der Waals surface area contributed by atoms with Crippen molar-refractivity contribution in [2.24, 2.45) is 4.99 Å². The number of nitrogens with zero attached hydrogens (tertiary/aromatic N) is 1. The lowest BCUT2D eigenvalue weighted by atomic mass is 10.1. The van der Waals surface area contributed by atoms with Gasteiger partial charge in [0, 0.05) is 46.0 Å². The number of hydrogen-bond donors (Lipinski definition) is 3. The Morgan fingerprint density at radius 2 is 1.91 bits per heavy atom. The summed E-state index contributed by atoms with van der Waals surface area (Å²) in [7, 11) is 1.61. The highest BCUT2D eigenvalue weighted by Gasteiger charge is 2.11. The van der Waals surface area contributed by atoms with Crippen molar-refractivity contribution in [2.45, 2.75) is 6.42 Å². The lowest BCUT2D eigenvalue weighted by molar-refractivity contribution is 0.0977. The number of carbonyl (C=O) groups excluding carboxylic acids is 1. The Bertz CT molecular complexity index is 1270. The standard InChI is InChI=1S/C25H23ClN4O2/c1-32-21-9-5-8-20(15-21)29-25(30-24(31)17-6-4-7-19(26)14-17)27-13-12-18-16-28-23-11-3-2-10-22(18)23/h2-11,14-16,28H,12-13H2,1H3,(H2,27,29,30,31). The summed E-state index contributed by atoms with van der Waals surface area (Å²) in [4.78, 5) is 20.7. The summed E-state index contributed by atoms with van der Waals surface area (Å²) in [5, 5.41) is 7.71. The Balaban J connectivity index is 1.53. The fourth-order valence-electron chi connectivity index (χ4n) is 3.38.